The lowest BCUT2D eigenvalue weighted by Gasteiger charge is -1.99. The molecular formula is C11H9NO2S. The molecule has 0 amide bonds. The number of nitrogens with zero attached hydrogens (tertiary/aromatic N) is 1. The largest absolute Gasteiger partial charge is 0.361 e. The molecule has 0 unspecified atom stereocenters. The number of thioether (sulfide) groups is 1. The Morgan fingerprint density at radius 1 is 1.40 bits per heavy atom. The summed E-state index contributed by atoms with van der Waals surface area (Å²) in [5, 5.41) is 3.62. The van der Waals surface area contributed by atoms with Gasteiger partial charge in [-0.25, -0.2) is 0 Å². The zero-order valence-electron chi connectivity index (χ0n) is 7.92. The van der Waals surface area contributed by atoms with Gasteiger partial charge < -0.3 is 4.52 Å². The minimum absolute atomic E-state index is 0.692. The molecule has 0 N–H and O–H groups in total. The monoisotopic (exact) mass is 219 g/mol. The van der Waals surface area contributed by atoms with Crippen molar-refractivity contribution in [1.29, 1.82) is 0 Å². The highest BCUT2D eigenvalue weighted by Crippen LogP contribution is 2.22. The highest BCUT2D eigenvalue weighted by atomic mass is 32.2. The van der Waals surface area contributed by atoms with Crippen LogP contribution >= 0.6 is 11.8 Å². The van der Waals surface area contributed by atoms with E-state index in [2.05, 4.69) is 5.16 Å². The Morgan fingerprint density at radius 3 is 3.07 bits per heavy atom. The third-order valence-electron chi connectivity index (χ3n) is 1.87. The molecule has 0 fully saturated rings. The topological polar surface area (TPSA) is 43.1 Å². The summed E-state index contributed by atoms with van der Waals surface area (Å²) >= 11 is 1.62. The lowest BCUT2D eigenvalue weighted by atomic mass is 10.2. The van der Waals surface area contributed by atoms with E-state index in [0.717, 1.165) is 22.7 Å². The van der Waals surface area contributed by atoms with Crippen molar-refractivity contribution in [2.24, 2.45) is 0 Å². The van der Waals surface area contributed by atoms with E-state index in [1.54, 1.807) is 24.0 Å². The molecule has 1 heterocycles. The van der Waals surface area contributed by atoms with Crippen molar-refractivity contribution < 1.29 is 9.32 Å². The fourth-order valence-electron chi connectivity index (χ4n) is 1.15. The molecule has 2 aromatic rings. The standard InChI is InChI=1S/C11H9NO2S/c13-7-9-2-1-3-11(6-9)15-8-10-4-5-12-14-10/h1-7H,8H2. The fraction of sp³-hybridized carbons (Fsp3) is 0.0909. The Kier molecular flexibility index (Phi) is 3.19. The summed E-state index contributed by atoms with van der Waals surface area (Å²) in [4.78, 5) is 11.6. The zero-order chi connectivity index (χ0) is 10.5. The van der Waals surface area contributed by atoms with Crippen LogP contribution in [-0.2, 0) is 5.75 Å². The molecule has 0 spiro atoms. The molecule has 4 heteroatoms. The number of aromatic nitrogens is 1. The molecule has 0 aliphatic heterocycles. The van der Waals surface area contributed by atoms with E-state index in [-0.39, 0.29) is 0 Å². The molecule has 3 nitrogen and oxygen atoms in total. The van der Waals surface area contributed by atoms with E-state index in [4.69, 9.17) is 4.52 Å². The number of benzene rings is 1. The van der Waals surface area contributed by atoms with Gasteiger partial charge in [-0.1, -0.05) is 17.3 Å². The normalized spacial score (nSPS) is 10.1. The number of hydrogen-bond donors (Lipinski definition) is 0. The molecule has 0 saturated carbocycles. The van der Waals surface area contributed by atoms with Gasteiger partial charge in [0.25, 0.3) is 0 Å². The van der Waals surface area contributed by atoms with Crippen LogP contribution in [0.25, 0.3) is 0 Å². The van der Waals surface area contributed by atoms with Crippen molar-refractivity contribution in [2.75, 3.05) is 0 Å². The maximum Gasteiger partial charge on any atom is 0.150 e. The number of rotatable bonds is 4. The van der Waals surface area contributed by atoms with E-state index in [1.165, 1.54) is 0 Å². The molecule has 2 rings (SSSR count). The molecule has 1 aromatic carbocycles. The lowest BCUT2D eigenvalue weighted by molar-refractivity contribution is 0.112. The fourth-order valence-corrected chi connectivity index (χ4v) is 2.00. The molecule has 0 aliphatic carbocycles. The predicted octanol–water partition coefficient (Wildman–Crippen LogP) is 2.78. The molecule has 0 atom stereocenters. The molecule has 0 saturated heterocycles. The minimum Gasteiger partial charge on any atom is -0.361 e. The lowest BCUT2D eigenvalue weighted by Crippen LogP contribution is -1.81. The van der Waals surface area contributed by atoms with Gasteiger partial charge in [0.2, 0.25) is 0 Å². The van der Waals surface area contributed by atoms with Gasteiger partial charge in [0.15, 0.2) is 0 Å². The first-order valence-electron chi connectivity index (χ1n) is 4.46. The van der Waals surface area contributed by atoms with Crippen molar-refractivity contribution in [3.05, 3.63) is 47.9 Å². The third kappa shape index (κ3) is 2.70. The first-order valence-corrected chi connectivity index (χ1v) is 5.44. The molecule has 15 heavy (non-hydrogen) atoms. The van der Waals surface area contributed by atoms with E-state index in [9.17, 15) is 4.79 Å². The first kappa shape index (κ1) is 9.98. The molecule has 0 radical (unpaired) electrons. The Bertz CT molecular complexity index is 440. The predicted molar refractivity (Wildman–Crippen MR) is 57.9 cm³/mol. The summed E-state index contributed by atoms with van der Waals surface area (Å²) in [6, 6.07) is 9.30. The summed E-state index contributed by atoms with van der Waals surface area (Å²) in [6.07, 6.45) is 2.47. The summed E-state index contributed by atoms with van der Waals surface area (Å²) in [6.45, 7) is 0. The highest BCUT2D eigenvalue weighted by molar-refractivity contribution is 7.98. The molecule has 0 aliphatic rings. The number of carbonyl (C=O) groups excluding carboxylic acids is 1. The van der Waals surface area contributed by atoms with Gasteiger partial charge in [0, 0.05) is 16.5 Å². The average molecular weight is 219 g/mol. The maximum atomic E-state index is 10.6. The highest BCUT2D eigenvalue weighted by Gasteiger charge is 2.00. The van der Waals surface area contributed by atoms with Crippen LogP contribution in [0.3, 0.4) is 0 Å². The summed E-state index contributed by atoms with van der Waals surface area (Å²) in [5.74, 6) is 1.55. The van der Waals surface area contributed by atoms with Crippen LogP contribution in [0.4, 0.5) is 0 Å². The van der Waals surface area contributed by atoms with Crippen LogP contribution < -0.4 is 0 Å². The summed E-state index contributed by atoms with van der Waals surface area (Å²) in [5.41, 5.74) is 0.692. The van der Waals surface area contributed by atoms with Crippen molar-refractivity contribution in [3.8, 4) is 0 Å². The van der Waals surface area contributed by atoms with Crippen LogP contribution in [-0.4, -0.2) is 11.4 Å². The van der Waals surface area contributed by atoms with E-state index in [0.29, 0.717) is 5.56 Å². The Morgan fingerprint density at radius 2 is 2.33 bits per heavy atom. The van der Waals surface area contributed by atoms with Gasteiger partial charge in [-0.15, -0.1) is 11.8 Å². The van der Waals surface area contributed by atoms with Gasteiger partial charge in [-0.2, -0.15) is 0 Å². The molecule has 76 valence electrons. The van der Waals surface area contributed by atoms with Crippen LogP contribution in [0.15, 0.2) is 45.9 Å². The zero-order valence-corrected chi connectivity index (χ0v) is 8.74. The van der Waals surface area contributed by atoms with Crippen molar-refractivity contribution >= 4 is 18.0 Å². The second-order valence-corrected chi connectivity index (χ2v) is 4.01. The van der Waals surface area contributed by atoms with Crippen molar-refractivity contribution in [1.82, 2.24) is 5.16 Å². The van der Waals surface area contributed by atoms with Crippen LogP contribution in [0, 0.1) is 0 Å². The van der Waals surface area contributed by atoms with Gasteiger partial charge in [-0.05, 0) is 12.1 Å². The Hall–Kier alpha value is -1.55. The molecule has 1 aromatic heterocycles. The second-order valence-electron chi connectivity index (χ2n) is 2.96. The summed E-state index contributed by atoms with van der Waals surface area (Å²) < 4.78 is 4.97. The Balaban J connectivity index is 2.01. The van der Waals surface area contributed by atoms with Gasteiger partial charge >= 0.3 is 0 Å². The number of aldehydes is 1. The number of carbonyl (C=O) groups is 1. The SMILES string of the molecule is O=Cc1cccc(SCc2ccno2)c1. The average Bonchev–Trinajstić information content (AvgIpc) is 2.79. The van der Waals surface area contributed by atoms with Crippen molar-refractivity contribution in [2.45, 2.75) is 10.6 Å². The van der Waals surface area contributed by atoms with Crippen LogP contribution in [0.2, 0.25) is 0 Å². The molecular weight excluding hydrogens is 210 g/mol. The van der Waals surface area contributed by atoms with Crippen LogP contribution in [0.5, 0.6) is 0 Å². The second kappa shape index (κ2) is 4.79. The van der Waals surface area contributed by atoms with Gasteiger partial charge in [-0.3, -0.25) is 4.79 Å². The third-order valence-corrected chi connectivity index (χ3v) is 2.88. The molecule has 0 bridgehead atoms. The number of hydrogen-bond acceptors (Lipinski definition) is 4. The van der Waals surface area contributed by atoms with E-state index < -0.39 is 0 Å². The van der Waals surface area contributed by atoms with Gasteiger partial charge in [0.1, 0.15) is 12.0 Å². The van der Waals surface area contributed by atoms with Gasteiger partial charge in [0.05, 0.1) is 11.9 Å². The quantitative estimate of drug-likeness (QED) is 0.585. The summed E-state index contributed by atoms with van der Waals surface area (Å²) in [7, 11) is 0. The van der Waals surface area contributed by atoms with Crippen LogP contribution in [0.1, 0.15) is 16.1 Å². The smallest absolute Gasteiger partial charge is 0.150 e. The Labute approximate surface area is 91.5 Å². The van der Waals surface area contributed by atoms with E-state index >= 15 is 0 Å². The minimum atomic E-state index is 0.692. The van der Waals surface area contributed by atoms with E-state index in [1.807, 2.05) is 24.3 Å². The maximum absolute atomic E-state index is 10.6. The van der Waals surface area contributed by atoms with Crippen molar-refractivity contribution in [3.63, 3.8) is 0 Å². The first-order chi connectivity index (χ1) is 7.38.